The van der Waals surface area contributed by atoms with Crippen molar-refractivity contribution in [3.8, 4) is 17.3 Å². The Kier molecular flexibility index (Phi) is 4.84. The van der Waals surface area contributed by atoms with Crippen molar-refractivity contribution in [2.24, 2.45) is 0 Å². The Hall–Kier alpha value is -2.65. The van der Waals surface area contributed by atoms with Gasteiger partial charge in [-0.3, -0.25) is 4.79 Å². The van der Waals surface area contributed by atoms with Crippen molar-refractivity contribution in [2.75, 3.05) is 0 Å². The van der Waals surface area contributed by atoms with Gasteiger partial charge in [-0.15, -0.1) is 0 Å². The average molecular weight is 403 g/mol. The van der Waals surface area contributed by atoms with E-state index in [1.54, 1.807) is 0 Å². The Bertz CT molecular complexity index is 990. The number of ether oxygens (including phenoxy) is 1. The van der Waals surface area contributed by atoms with Crippen LogP contribution in [0.4, 0.5) is 13.2 Å². The first kappa shape index (κ1) is 18.2. The smallest absolute Gasteiger partial charge is 0.417 e. The van der Waals surface area contributed by atoms with Crippen LogP contribution in [-0.2, 0) is 6.18 Å². The molecule has 0 saturated carbocycles. The van der Waals surface area contributed by atoms with Crippen LogP contribution < -0.4 is 10.3 Å². The van der Waals surface area contributed by atoms with Gasteiger partial charge in [0.1, 0.15) is 10.9 Å². The van der Waals surface area contributed by atoms with Gasteiger partial charge in [-0.25, -0.2) is 9.97 Å². The van der Waals surface area contributed by atoms with Gasteiger partial charge in [-0.1, -0.05) is 23.2 Å². The molecule has 0 aromatic carbocycles. The molecule has 0 N–H and O–H groups in total. The summed E-state index contributed by atoms with van der Waals surface area (Å²) in [5.74, 6) is 0.0939. The maximum Gasteiger partial charge on any atom is 0.417 e. The van der Waals surface area contributed by atoms with E-state index in [9.17, 15) is 18.0 Å². The number of nitrogens with zero attached hydrogens (tertiary/aromatic N) is 4. The van der Waals surface area contributed by atoms with Gasteiger partial charge in [0.25, 0.3) is 5.56 Å². The summed E-state index contributed by atoms with van der Waals surface area (Å²) >= 11 is 11.6. The zero-order valence-electron chi connectivity index (χ0n) is 12.5. The van der Waals surface area contributed by atoms with E-state index >= 15 is 0 Å². The molecule has 0 aliphatic heterocycles. The molecule has 0 atom stereocenters. The first-order valence-corrected chi connectivity index (χ1v) is 7.62. The fourth-order valence-electron chi connectivity index (χ4n) is 1.88. The molecule has 6 nitrogen and oxygen atoms in total. The fraction of sp³-hybridized carbons (Fsp3) is 0.0667. The standard InChI is InChI=1S/C15H7Cl2F3N4O2/c16-11-3-2-9(6-21-11)26-10-7-23-24(14(25)13(10)17)12-4-1-8(5-22-12)15(18,19)20/h1-7H. The third-order valence-corrected chi connectivity index (χ3v) is 3.68. The highest BCUT2D eigenvalue weighted by Gasteiger charge is 2.30. The van der Waals surface area contributed by atoms with E-state index in [0.29, 0.717) is 6.20 Å². The zero-order valence-corrected chi connectivity index (χ0v) is 14.0. The van der Waals surface area contributed by atoms with E-state index in [1.165, 1.54) is 18.3 Å². The molecule has 11 heteroatoms. The molecule has 3 aromatic heterocycles. The Morgan fingerprint density at radius 2 is 1.77 bits per heavy atom. The highest BCUT2D eigenvalue weighted by atomic mass is 35.5. The van der Waals surface area contributed by atoms with Crippen molar-refractivity contribution >= 4 is 23.2 Å². The minimum absolute atomic E-state index is 0.0519. The molecule has 0 amide bonds. The van der Waals surface area contributed by atoms with Crippen molar-refractivity contribution in [3.63, 3.8) is 0 Å². The lowest BCUT2D eigenvalue weighted by Gasteiger charge is -2.10. The molecular formula is C15H7Cl2F3N4O2. The lowest BCUT2D eigenvalue weighted by Crippen LogP contribution is -2.23. The Morgan fingerprint density at radius 3 is 2.35 bits per heavy atom. The Labute approximate surface area is 153 Å². The van der Waals surface area contributed by atoms with Crippen molar-refractivity contribution in [3.05, 3.63) is 68.9 Å². The van der Waals surface area contributed by atoms with Crippen LogP contribution in [0.25, 0.3) is 5.82 Å². The van der Waals surface area contributed by atoms with E-state index in [1.807, 2.05) is 0 Å². The summed E-state index contributed by atoms with van der Waals surface area (Å²) in [6, 6.07) is 4.78. The molecule has 0 fully saturated rings. The third kappa shape index (κ3) is 3.78. The summed E-state index contributed by atoms with van der Waals surface area (Å²) < 4.78 is 43.9. The lowest BCUT2D eigenvalue weighted by molar-refractivity contribution is -0.137. The largest absolute Gasteiger partial charge is 0.452 e. The molecule has 0 unspecified atom stereocenters. The van der Waals surface area contributed by atoms with E-state index in [4.69, 9.17) is 27.9 Å². The van der Waals surface area contributed by atoms with Crippen molar-refractivity contribution < 1.29 is 17.9 Å². The van der Waals surface area contributed by atoms with Crippen molar-refractivity contribution in [2.45, 2.75) is 6.18 Å². The number of aromatic nitrogens is 4. The third-order valence-electron chi connectivity index (χ3n) is 3.11. The van der Waals surface area contributed by atoms with Crippen LogP contribution in [0.2, 0.25) is 10.2 Å². The van der Waals surface area contributed by atoms with Crippen LogP contribution in [0.5, 0.6) is 11.5 Å². The summed E-state index contributed by atoms with van der Waals surface area (Å²) in [5.41, 5.74) is -1.76. The van der Waals surface area contributed by atoms with Gasteiger partial charge in [0.05, 0.1) is 18.0 Å². The molecule has 0 aliphatic rings. The molecule has 3 aromatic rings. The van der Waals surface area contributed by atoms with E-state index in [0.717, 1.165) is 23.0 Å². The molecule has 3 rings (SSSR count). The Balaban J connectivity index is 1.92. The first-order valence-electron chi connectivity index (χ1n) is 6.86. The molecular weight excluding hydrogens is 396 g/mol. The Morgan fingerprint density at radius 1 is 1.00 bits per heavy atom. The summed E-state index contributed by atoms with van der Waals surface area (Å²) in [7, 11) is 0. The molecule has 3 heterocycles. The van der Waals surface area contributed by atoms with Crippen LogP contribution in [0.1, 0.15) is 5.56 Å². The number of hydrogen-bond donors (Lipinski definition) is 0. The van der Waals surface area contributed by atoms with Crippen LogP contribution >= 0.6 is 23.2 Å². The highest BCUT2D eigenvalue weighted by Crippen LogP contribution is 2.29. The number of halogens is 5. The summed E-state index contributed by atoms with van der Waals surface area (Å²) in [4.78, 5) is 19.7. The normalized spacial score (nSPS) is 11.4. The minimum atomic E-state index is -4.54. The van der Waals surface area contributed by atoms with E-state index in [-0.39, 0.29) is 27.5 Å². The second-order valence-corrected chi connectivity index (χ2v) is 5.63. The number of alkyl halides is 3. The summed E-state index contributed by atoms with van der Waals surface area (Å²) in [6.07, 6.45) is -1.48. The molecule has 0 saturated heterocycles. The molecule has 0 radical (unpaired) electrons. The van der Waals surface area contributed by atoms with Crippen LogP contribution in [0.15, 0.2) is 47.7 Å². The first-order chi connectivity index (χ1) is 12.3. The molecule has 0 aliphatic carbocycles. The maximum absolute atomic E-state index is 12.6. The van der Waals surface area contributed by atoms with Gasteiger partial charge in [0.15, 0.2) is 16.6 Å². The van der Waals surface area contributed by atoms with Gasteiger partial charge in [-0.05, 0) is 24.3 Å². The second-order valence-electron chi connectivity index (χ2n) is 4.86. The zero-order chi connectivity index (χ0) is 18.9. The summed E-state index contributed by atoms with van der Waals surface area (Å²) in [6.45, 7) is 0. The molecule has 0 spiro atoms. The monoisotopic (exact) mass is 402 g/mol. The number of rotatable bonds is 3. The molecule has 134 valence electrons. The maximum atomic E-state index is 12.6. The van der Waals surface area contributed by atoms with Gasteiger partial charge < -0.3 is 4.74 Å². The van der Waals surface area contributed by atoms with Crippen LogP contribution in [-0.4, -0.2) is 19.7 Å². The lowest BCUT2D eigenvalue weighted by atomic mass is 10.3. The van der Waals surface area contributed by atoms with Gasteiger partial charge in [0, 0.05) is 6.20 Å². The van der Waals surface area contributed by atoms with Crippen molar-refractivity contribution in [1.82, 2.24) is 19.7 Å². The molecule has 26 heavy (non-hydrogen) atoms. The predicted octanol–water partition coefficient (Wildman–Crippen LogP) is 4.14. The van der Waals surface area contributed by atoms with Crippen LogP contribution in [0.3, 0.4) is 0 Å². The number of pyridine rings is 2. The second kappa shape index (κ2) is 6.93. The minimum Gasteiger partial charge on any atom is -0.452 e. The predicted molar refractivity (Wildman–Crippen MR) is 87.0 cm³/mol. The fourth-order valence-corrected chi connectivity index (χ4v) is 2.16. The summed E-state index contributed by atoms with van der Waals surface area (Å²) in [5, 5.41) is 3.75. The topological polar surface area (TPSA) is 69.9 Å². The van der Waals surface area contributed by atoms with E-state index in [2.05, 4.69) is 15.1 Å². The van der Waals surface area contributed by atoms with Gasteiger partial charge in [0.2, 0.25) is 0 Å². The van der Waals surface area contributed by atoms with Gasteiger partial charge in [-0.2, -0.15) is 23.0 Å². The van der Waals surface area contributed by atoms with E-state index < -0.39 is 17.3 Å². The quantitative estimate of drug-likeness (QED) is 0.615. The molecule has 0 bridgehead atoms. The average Bonchev–Trinajstić information content (AvgIpc) is 2.60. The highest BCUT2D eigenvalue weighted by molar-refractivity contribution is 6.31. The van der Waals surface area contributed by atoms with Crippen LogP contribution in [0, 0.1) is 0 Å². The van der Waals surface area contributed by atoms with Crippen molar-refractivity contribution in [1.29, 1.82) is 0 Å². The number of hydrogen-bond acceptors (Lipinski definition) is 5. The SMILES string of the molecule is O=c1c(Cl)c(Oc2ccc(Cl)nc2)cnn1-c1ccc(C(F)(F)F)cn1. The van der Waals surface area contributed by atoms with Gasteiger partial charge >= 0.3 is 6.18 Å².